The van der Waals surface area contributed by atoms with Crippen LogP contribution in [0.2, 0.25) is 0 Å². The lowest BCUT2D eigenvalue weighted by Gasteiger charge is -2.30. The van der Waals surface area contributed by atoms with Gasteiger partial charge < -0.3 is 25.6 Å². The average molecular weight is 453 g/mol. The molecule has 0 spiro atoms. The third-order valence-electron chi connectivity index (χ3n) is 6.63. The Morgan fingerprint density at radius 3 is 2.12 bits per heavy atom. The molecule has 8 heteroatoms. The summed E-state index contributed by atoms with van der Waals surface area (Å²) in [6.45, 7) is 0.774. The van der Waals surface area contributed by atoms with Crippen LogP contribution in [0.3, 0.4) is 0 Å². The smallest absolute Gasteiger partial charge is 0.408 e. The molecule has 0 aromatic heterocycles. The van der Waals surface area contributed by atoms with E-state index in [9.17, 15) is 19.5 Å². The zero-order valence-electron chi connectivity index (χ0n) is 18.5. The van der Waals surface area contributed by atoms with E-state index in [1.54, 1.807) is 0 Å². The molecule has 2 aliphatic carbocycles. The fraction of sp³-hybridized carbons (Fsp3) is 0.400. The number of hydrogen-bond acceptors (Lipinski definition) is 5. The number of carboxylic acids is 1. The zero-order valence-corrected chi connectivity index (χ0v) is 18.5. The molecule has 1 saturated carbocycles. The molecule has 0 bridgehead atoms. The van der Waals surface area contributed by atoms with E-state index in [1.807, 2.05) is 36.4 Å². The number of benzene rings is 2. The minimum atomic E-state index is -2.10. The molecular formula is C25H28N2O6. The lowest BCUT2D eigenvalue weighted by molar-refractivity contribution is -0.156. The second-order valence-electron chi connectivity index (χ2n) is 9.00. The molecule has 2 aromatic rings. The summed E-state index contributed by atoms with van der Waals surface area (Å²) in [5.41, 5.74) is 1.15. The number of fused-ring (bicyclic) bond motifs is 3. The number of hydrogen-bond donors (Lipinski definition) is 4. The Kier molecular flexibility index (Phi) is 6.12. The summed E-state index contributed by atoms with van der Waals surface area (Å²) in [6, 6.07) is 16.0. The van der Waals surface area contributed by atoms with E-state index in [0.717, 1.165) is 42.0 Å². The van der Waals surface area contributed by atoms with Crippen molar-refractivity contribution in [1.82, 2.24) is 10.6 Å². The number of rotatable bonds is 7. The number of ether oxygens (including phenoxy) is 1. The first-order valence-electron chi connectivity index (χ1n) is 11.1. The molecule has 1 fully saturated rings. The lowest BCUT2D eigenvalue weighted by Crippen LogP contribution is -2.59. The minimum Gasteiger partial charge on any atom is -0.479 e. The molecule has 2 amide bonds. The normalized spacial score (nSPS) is 18.0. The minimum absolute atomic E-state index is 0.0952. The second-order valence-corrected chi connectivity index (χ2v) is 9.00. The summed E-state index contributed by atoms with van der Waals surface area (Å²) in [6.07, 6.45) is 1.62. The van der Waals surface area contributed by atoms with Crippen LogP contribution in [-0.2, 0) is 14.3 Å². The highest BCUT2D eigenvalue weighted by Gasteiger charge is 2.44. The van der Waals surface area contributed by atoms with Crippen LogP contribution in [0, 0.1) is 0 Å². The highest BCUT2D eigenvalue weighted by molar-refractivity contribution is 5.91. The summed E-state index contributed by atoms with van der Waals surface area (Å²) in [5, 5.41) is 24.1. The molecule has 8 nitrogen and oxygen atoms in total. The number of alkyl carbamates (subject to hydrolysis) is 1. The number of amides is 2. The molecule has 2 aliphatic rings. The van der Waals surface area contributed by atoms with Crippen LogP contribution in [-0.4, -0.2) is 52.5 Å². The van der Waals surface area contributed by atoms with Crippen LogP contribution in [0.5, 0.6) is 0 Å². The van der Waals surface area contributed by atoms with E-state index < -0.39 is 35.7 Å². The van der Waals surface area contributed by atoms with Gasteiger partial charge in [0.2, 0.25) is 5.91 Å². The fourth-order valence-electron chi connectivity index (χ4n) is 4.71. The number of nitrogens with one attached hydrogen (secondary N) is 2. The number of carbonyl (C=O) groups excluding carboxylic acids is 2. The molecule has 0 aliphatic heterocycles. The SMILES string of the molecule is CC(O)(CNC(=O)C1(NC(=O)OCC2c3ccccc3-c3ccccc32)CCCC1)C(=O)O. The number of aliphatic carboxylic acids is 1. The topological polar surface area (TPSA) is 125 Å². The van der Waals surface area contributed by atoms with Crippen molar-refractivity contribution in [2.75, 3.05) is 13.2 Å². The average Bonchev–Trinajstić information content (AvgIpc) is 3.39. The van der Waals surface area contributed by atoms with Gasteiger partial charge >= 0.3 is 12.1 Å². The molecule has 2 aromatic carbocycles. The number of carboxylic acid groups (broad SMARTS) is 1. The van der Waals surface area contributed by atoms with Crippen molar-refractivity contribution in [3.8, 4) is 11.1 Å². The Balaban J connectivity index is 1.42. The van der Waals surface area contributed by atoms with Crippen molar-refractivity contribution in [3.63, 3.8) is 0 Å². The molecule has 0 heterocycles. The molecule has 1 unspecified atom stereocenters. The first kappa shape index (κ1) is 22.8. The number of carbonyl (C=O) groups is 3. The van der Waals surface area contributed by atoms with Gasteiger partial charge in [-0.15, -0.1) is 0 Å². The molecule has 0 saturated heterocycles. The molecule has 1 atom stereocenters. The Morgan fingerprint density at radius 1 is 1.03 bits per heavy atom. The van der Waals surface area contributed by atoms with E-state index in [2.05, 4.69) is 22.8 Å². The van der Waals surface area contributed by atoms with Crippen molar-refractivity contribution < 1.29 is 29.3 Å². The van der Waals surface area contributed by atoms with Gasteiger partial charge in [-0.3, -0.25) is 4.79 Å². The summed E-state index contributed by atoms with van der Waals surface area (Å²) < 4.78 is 5.59. The third kappa shape index (κ3) is 4.43. The summed E-state index contributed by atoms with van der Waals surface area (Å²) in [4.78, 5) is 36.7. The highest BCUT2D eigenvalue weighted by atomic mass is 16.5. The molecule has 4 rings (SSSR count). The van der Waals surface area contributed by atoms with Crippen molar-refractivity contribution in [2.45, 2.75) is 49.7 Å². The van der Waals surface area contributed by atoms with Gasteiger partial charge in [0, 0.05) is 5.92 Å². The van der Waals surface area contributed by atoms with Gasteiger partial charge in [0.15, 0.2) is 5.60 Å². The molecule has 33 heavy (non-hydrogen) atoms. The third-order valence-corrected chi connectivity index (χ3v) is 6.63. The Labute approximate surface area is 192 Å². The van der Waals surface area contributed by atoms with Crippen molar-refractivity contribution in [2.24, 2.45) is 0 Å². The molecule has 174 valence electrons. The second kappa shape index (κ2) is 8.86. The van der Waals surface area contributed by atoms with E-state index in [-0.39, 0.29) is 12.5 Å². The Hall–Kier alpha value is -3.39. The summed E-state index contributed by atoms with van der Waals surface area (Å²) in [5.74, 6) is -2.05. The van der Waals surface area contributed by atoms with Crippen LogP contribution in [0.4, 0.5) is 4.79 Å². The molecule has 0 radical (unpaired) electrons. The van der Waals surface area contributed by atoms with Crippen LogP contribution < -0.4 is 10.6 Å². The van der Waals surface area contributed by atoms with Crippen LogP contribution in [0.15, 0.2) is 48.5 Å². The van der Waals surface area contributed by atoms with Crippen molar-refractivity contribution in [1.29, 1.82) is 0 Å². The fourth-order valence-corrected chi connectivity index (χ4v) is 4.71. The molecule has 4 N–H and O–H groups in total. The van der Waals surface area contributed by atoms with E-state index in [4.69, 9.17) is 9.84 Å². The van der Waals surface area contributed by atoms with Gasteiger partial charge in [-0.1, -0.05) is 61.4 Å². The van der Waals surface area contributed by atoms with Gasteiger partial charge in [-0.25, -0.2) is 9.59 Å². The summed E-state index contributed by atoms with van der Waals surface area (Å²) in [7, 11) is 0. The van der Waals surface area contributed by atoms with Gasteiger partial charge in [-0.2, -0.15) is 0 Å². The standard InChI is InChI=1S/C25H28N2O6/c1-24(32,22(29)30)15-26-21(28)25(12-6-7-13-25)27-23(31)33-14-20-18-10-4-2-8-16(18)17-9-3-5-11-19(17)20/h2-5,8-11,20,32H,6-7,12-15H2,1H3,(H,26,28)(H,27,31)(H,29,30). The van der Waals surface area contributed by atoms with Crippen LogP contribution in [0.1, 0.15) is 49.7 Å². The zero-order chi connectivity index (χ0) is 23.6. The monoisotopic (exact) mass is 452 g/mol. The Morgan fingerprint density at radius 2 is 1.58 bits per heavy atom. The highest BCUT2D eigenvalue weighted by Crippen LogP contribution is 2.44. The van der Waals surface area contributed by atoms with Gasteiger partial charge in [0.05, 0.1) is 6.54 Å². The van der Waals surface area contributed by atoms with E-state index in [0.29, 0.717) is 12.8 Å². The van der Waals surface area contributed by atoms with Gasteiger partial charge in [-0.05, 0) is 42.0 Å². The number of aliphatic hydroxyl groups is 1. The quantitative estimate of drug-likeness (QED) is 0.512. The first-order chi connectivity index (χ1) is 15.7. The predicted molar refractivity (Wildman–Crippen MR) is 121 cm³/mol. The molecular weight excluding hydrogens is 424 g/mol. The Bertz CT molecular complexity index is 1030. The van der Waals surface area contributed by atoms with E-state index >= 15 is 0 Å². The van der Waals surface area contributed by atoms with Crippen LogP contribution in [0.25, 0.3) is 11.1 Å². The maximum Gasteiger partial charge on any atom is 0.408 e. The maximum atomic E-state index is 12.9. The van der Waals surface area contributed by atoms with Gasteiger partial charge in [0.25, 0.3) is 0 Å². The van der Waals surface area contributed by atoms with Crippen molar-refractivity contribution >= 4 is 18.0 Å². The first-order valence-corrected chi connectivity index (χ1v) is 11.1. The van der Waals surface area contributed by atoms with Crippen molar-refractivity contribution in [3.05, 3.63) is 59.7 Å². The van der Waals surface area contributed by atoms with Gasteiger partial charge in [0.1, 0.15) is 12.1 Å². The maximum absolute atomic E-state index is 12.9. The predicted octanol–water partition coefficient (Wildman–Crippen LogP) is 2.79. The summed E-state index contributed by atoms with van der Waals surface area (Å²) >= 11 is 0. The van der Waals surface area contributed by atoms with E-state index in [1.165, 1.54) is 0 Å². The lowest BCUT2D eigenvalue weighted by atomic mass is 9.96. The largest absolute Gasteiger partial charge is 0.479 e. The van der Waals surface area contributed by atoms with Crippen LogP contribution >= 0.6 is 0 Å².